The first-order chi connectivity index (χ1) is 9.82. The predicted octanol–water partition coefficient (Wildman–Crippen LogP) is 1.59. The van der Waals surface area contributed by atoms with Crippen LogP contribution >= 0.6 is 0 Å². The first-order valence-electron chi connectivity index (χ1n) is 6.61. The Kier molecular flexibility index (Phi) is 4.80. The van der Waals surface area contributed by atoms with Crippen molar-refractivity contribution in [2.45, 2.75) is 17.7 Å². The van der Waals surface area contributed by atoms with Gasteiger partial charge in [0.15, 0.2) is 4.90 Å². The zero-order valence-electron chi connectivity index (χ0n) is 11.7. The van der Waals surface area contributed by atoms with Crippen LogP contribution in [0.2, 0.25) is 0 Å². The molecule has 1 aromatic carbocycles. The molecule has 0 amide bonds. The van der Waals surface area contributed by atoms with Gasteiger partial charge in [-0.05, 0) is 30.9 Å². The van der Waals surface area contributed by atoms with Crippen LogP contribution in [0.1, 0.15) is 12.8 Å². The fraction of sp³-hybridized carbons (Fsp3) is 0.538. The fourth-order valence-corrected chi connectivity index (χ4v) is 3.72. The van der Waals surface area contributed by atoms with Crippen molar-refractivity contribution in [1.29, 1.82) is 0 Å². The van der Waals surface area contributed by atoms with E-state index in [9.17, 15) is 17.2 Å². The summed E-state index contributed by atoms with van der Waals surface area (Å²) < 4.78 is 58.5. The molecule has 1 aromatic rings. The SMILES string of the molecule is CN(CC1CCCOC1)S(=O)(=O)c1c(F)cc(N)cc1F. The van der Waals surface area contributed by atoms with Gasteiger partial charge in [0.1, 0.15) is 11.6 Å². The van der Waals surface area contributed by atoms with Gasteiger partial charge in [0, 0.05) is 25.9 Å². The molecule has 0 bridgehead atoms. The van der Waals surface area contributed by atoms with Gasteiger partial charge in [-0.25, -0.2) is 21.5 Å². The molecule has 5 nitrogen and oxygen atoms in total. The summed E-state index contributed by atoms with van der Waals surface area (Å²) in [6.45, 7) is 1.27. The Morgan fingerprint density at radius 2 is 2.00 bits per heavy atom. The van der Waals surface area contributed by atoms with Crippen LogP contribution in [-0.2, 0) is 14.8 Å². The third kappa shape index (κ3) is 3.50. The summed E-state index contributed by atoms with van der Waals surface area (Å²) in [6, 6.07) is 1.60. The van der Waals surface area contributed by atoms with Gasteiger partial charge in [-0.2, -0.15) is 0 Å². The van der Waals surface area contributed by atoms with Crippen molar-refractivity contribution in [3.63, 3.8) is 0 Å². The first kappa shape index (κ1) is 16.1. The van der Waals surface area contributed by atoms with Crippen molar-refractivity contribution in [3.8, 4) is 0 Å². The summed E-state index contributed by atoms with van der Waals surface area (Å²) in [4.78, 5) is -0.962. The molecule has 1 aliphatic rings. The Hall–Kier alpha value is -1.25. The van der Waals surface area contributed by atoms with Crippen molar-refractivity contribution in [1.82, 2.24) is 4.31 Å². The van der Waals surface area contributed by atoms with E-state index in [2.05, 4.69) is 0 Å². The maximum atomic E-state index is 13.8. The van der Waals surface area contributed by atoms with E-state index >= 15 is 0 Å². The van der Waals surface area contributed by atoms with Gasteiger partial charge in [0.25, 0.3) is 0 Å². The Labute approximate surface area is 122 Å². The summed E-state index contributed by atoms with van der Waals surface area (Å²) in [6.07, 6.45) is 1.68. The minimum absolute atomic E-state index is 0.0263. The molecule has 1 heterocycles. The van der Waals surface area contributed by atoms with E-state index < -0.39 is 26.6 Å². The van der Waals surface area contributed by atoms with Gasteiger partial charge < -0.3 is 10.5 Å². The van der Waals surface area contributed by atoms with E-state index in [1.807, 2.05) is 0 Å². The van der Waals surface area contributed by atoms with Crippen molar-refractivity contribution in [3.05, 3.63) is 23.8 Å². The number of benzene rings is 1. The summed E-state index contributed by atoms with van der Waals surface area (Å²) in [5.74, 6) is -2.34. The fourth-order valence-electron chi connectivity index (χ4n) is 2.39. The zero-order valence-corrected chi connectivity index (χ0v) is 12.5. The predicted molar refractivity (Wildman–Crippen MR) is 74.1 cm³/mol. The van der Waals surface area contributed by atoms with E-state index in [1.165, 1.54) is 7.05 Å². The second-order valence-electron chi connectivity index (χ2n) is 5.18. The lowest BCUT2D eigenvalue weighted by atomic mass is 10.0. The minimum atomic E-state index is -4.24. The highest BCUT2D eigenvalue weighted by atomic mass is 32.2. The number of ether oxygens (including phenoxy) is 1. The number of anilines is 1. The maximum Gasteiger partial charge on any atom is 0.248 e. The number of halogens is 2. The van der Waals surface area contributed by atoms with Crippen LogP contribution in [0.5, 0.6) is 0 Å². The van der Waals surface area contributed by atoms with Crippen LogP contribution in [0.3, 0.4) is 0 Å². The van der Waals surface area contributed by atoms with Crippen LogP contribution in [0.15, 0.2) is 17.0 Å². The smallest absolute Gasteiger partial charge is 0.248 e. The van der Waals surface area contributed by atoms with Gasteiger partial charge >= 0.3 is 0 Å². The van der Waals surface area contributed by atoms with Crippen LogP contribution in [0, 0.1) is 17.6 Å². The molecule has 8 heteroatoms. The Balaban J connectivity index is 2.24. The molecule has 118 valence electrons. The molecule has 0 saturated carbocycles. The van der Waals surface area contributed by atoms with E-state index in [0.29, 0.717) is 13.2 Å². The summed E-state index contributed by atoms with van der Waals surface area (Å²) >= 11 is 0. The van der Waals surface area contributed by atoms with Gasteiger partial charge in [-0.1, -0.05) is 0 Å². The second-order valence-corrected chi connectivity index (χ2v) is 7.16. The summed E-state index contributed by atoms with van der Waals surface area (Å²) in [5.41, 5.74) is 5.13. The monoisotopic (exact) mass is 320 g/mol. The van der Waals surface area contributed by atoms with E-state index in [1.54, 1.807) is 0 Å². The Morgan fingerprint density at radius 3 is 2.52 bits per heavy atom. The minimum Gasteiger partial charge on any atom is -0.399 e. The van der Waals surface area contributed by atoms with Gasteiger partial charge in [-0.15, -0.1) is 0 Å². The lowest BCUT2D eigenvalue weighted by Crippen LogP contribution is -2.35. The molecule has 0 aromatic heterocycles. The largest absolute Gasteiger partial charge is 0.399 e. The highest BCUT2D eigenvalue weighted by molar-refractivity contribution is 7.89. The van der Waals surface area contributed by atoms with E-state index in [-0.39, 0.29) is 18.2 Å². The third-order valence-electron chi connectivity index (χ3n) is 3.46. The van der Waals surface area contributed by atoms with Crippen LogP contribution < -0.4 is 5.73 Å². The molecular weight excluding hydrogens is 302 g/mol. The van der Waals surface area contributed by atoms with Gasteiger partial charge in [0.2, 0.25) is 10.0 Å². The van der Waals surface area contributed by atoms with E-state index in [0.717, 1.165) is 29.3 Å². The van der Waals surface area contributed by atoms with Gasteiger partial charge in [0.05, 0.1) is 6.61 Å². The Bertz CT molecular complexity index is 593. The van der Waals surface area contributed by atoms with Crippen molar-refractivity contribution in [2.75, 3.05) is 32.5 Å². The molecule has 1 saturated heterocycles. The molecule has 21 heavy (non-hydrogen) atoms. The summed E-state index contributed by atoms with van der Waals surface area (Å²) in [5, 5.41) is 0. The highest BCUT2D eigenvalue weighted by Crippen LogP contribution is 2.25. The summed E-state index contributed by atoms with van der Waals surface area (Å²) in [7, 11) is -2.94. The average molecular weight is 320 g/mol. The van der Waals surface area contributed by atoms with Crippen molar-refractivity contribution in [2.24, 2.45) is 5.92 Å². The standard InChI is InChI=1S/C13H18F2N2O3S/c1-17(7-9-3-2-4-20-8-9)21(18,19)13-11(14)5-10(16)6-12(13)15/h5-6,9H,2-4,7-8,16H2,1H3. The average Bonchev–Trinajstić information content (AvgIpc) is 2.38. The number of hydrogen-bond donors (Lipinski definition) is 1. The molecule has 0 aliphatic carbocycles. The normalized spacial score (nSPS) is 19.9. The van der Waals surface area contributed by atoms with Crippen molar-refractivity contribution >= 4 is 15.7 Å². The molecule has 1 unspecified atom stereocenters. The number of nitrogens with two attached hydrogens (primary N) is 1. The molecule has 1 atom stereocenters. The highest BCUT2D eigenvalue weighted by Gasteiger charge is 2.30. The number of nitrogen functional groups attached to an aromatic ring is 1. The molecule has 1 aliphatic heterocycles. The quantitative estimate of drug-likeness (QED) is 0.855. The van der Waals surface area contributed by atoms with Crippen LogP contribution in [0.25, 0.3) is 0 Å². The number of rotatable bonds is 4. The molecule has 2 rings (SSSR count). The molecule has 0 radical (unpaired) electrons. The van der Waals surface area contributed by atoms with Gasteiger partial charge in [-0.3, -0.25) is 0 Å². The zero-order chi connectivity index (χ0) is 15.6. The topological polar surface area (TPSA) is 72.6 Å². The van der Waals surface area contributed by atoms with Crippen LogP contribution in [0.4, 0.5) is 14.5 Å². The Morgan fingerprint density at radius 1 is 1.38 bits per heavy atom. The molecule has 2 N–H and O–H groups in total. The lowest BCUT2D eigenvalue weighted by Gasteiger charge is -2.26. The number of sulfonamides is 1. The molecule has 1 fully saturated rings. The molecule has 0 spiro atoms. The molecular formula is C13H18F2N2O3S. The maximum absolute atomic E-state index is 13.8. The number of hydrogen-bond acceptors (Lipinski definition) is 4. The third-order valence-corrected chi connectivity index (χ3v) is 5.33. The van der Waals surface area contributed by atoms with Crippen molar-refractivity contribution < 1.29 is 21.9 Å². The number of nitrogens with zero attached hydrogens (tertiary/aromatic N) is 1. The van der Waals surface area contributed by atoms with Crippen LogP contribution in [-0.4, -0.2) is 39.5 Å². The second kappa shape index (κ2) is 6.25. The lowest BCUT2D eigenvalue weighted by molar-refractivity contribution is 0.0495. The van der Waals surface area contributed by atoms with E-state index in [4.69, 9.17) is 10.5 Å². The first-order valence-corrected chi connectivity index (χ1v) is 8.05.